The molecule has 4 nitrogen and oxygen atoms in total. The van der Waals surface area contributed by atoms with Crippen LogP contribution in [0.15, 0.2) is 84.9 Å². The van der Waals surface area contributed by atoms with Gasteiger partial charge in [-0.3, -0.25) is 4.79 Å². The molecule has 0 fully saturated rings. The van der Waals surface area contributed by atoms with Crippen LogP contribution < -0.4 is 5.32 Å². The lowest BCUT2D eigenvalue weighted by Gasteiger charge is -2.09. The number of aromatic nitrogens is 2. The van der Waals surface area contributed by atoms with Gasteiger partial charge in [-0.05, 0) is 55.5 Å². The summed E-state index contributed by atoms with van der Waals surface area (Å²) in [5.41, 5.74) is 5.15. The first-order valence-electron chi connectivity index (χ1n) is 8.89. The predicted molar refractivity (Wildman–Crippen MR) is 113 cm³/mol. The van der Waals surface area contributed by atoms with E-state index in [-0.39, 0.29) is 5.91 Å². The monoisotopic (exact) mass is 387 g/mol. The normalized spacial score (nSPS) is 10.6. The predicted octanol–water partition coefficient (Wildman–Crippen LogP) is 5.75. The maximum absolute atomic E-state index is 12.5. The van der Waals surface area contributed by atoms with Gasteiger partial charge in [0.1, 0.15) is 0 Å². The van der Waals surface area contributed by atoms with E-state index in [9.17, 15) is 4.79 Å². The van der Waals surface area contributed by atoms with Gasteiger partial charge < -0.3 is 5.32 Å². The molecule has 0 saturated carbocycles. The Labute approximate surface area is 168 Å². The second kappa shape index (κ2) is 7.71. The molecule has 0 unspecified atom stereocenters. The average molecular weight is 388 g/mol. The van der Waals surface area contributed by atoms with Crippen LogP contribution in [-0.4, -0.2) is 15.7 Å². The van der Waals surface area contributed by atoms with Gasteiger partial charge in [0.25, 0.3) is 5.91 Å². The van der Waals surface area contributed by atoms with Crippen LogP contribution in [0.1, 0.15) is 16.1 Å². The number of amides is 1. The van der Waals surface area contributed by atoms with Gasteiger partial charge in [-0.15, -0.1) is 0 Å². The summed E-state index contributed by atoms with van der Waals surface area (Å²) in [6.07, 6.45) is 0. The number of hydrogen-bond donors (Lipinski definition) is 1. The van der Waals surface area contributed by atoms with Gasteiger partial charge in [-0.25, -0.2) is 4.68 Å². The lowest BCUT2D eigenvalue weighted by molar-refractivity contribution is 0.102. The molecule has 1 amide bonds. The van der Waals surface area contributed by atoms with E-state index in [1.165, 1.54) is 0 Å². The first kappa shape index (κ1) is 18.0. The summed E-state index contributed by atoms with van der Waals surface area (Å²) in [4.78, 5) is 12.5. The summed E-state index contributed by atoms with van der Waals surface area (Å²) >= 11 is 5.97. The van der Waals surface area contributed by atoms with Crippen molar-refractivity contribution in [2.75, 3.05) is 5.32 Å². The number of carbonyl (C=O) groups excluding carboxylic acids is 1. The zero-order chi connectivity index (χ0) is 19.5. The summed E-state index contributed by atoms with van der Waals surface area (Å²) in [6.45, 7) is 1.97. The number of benzene rings is 3. The minimum Gasteiger partial charge on any atom is -0.322 e. The second-order valence-corrected chi connectivity index (χ2v) is 6.90. The van der Waals surface area contributed by atoms with Crippen molar-refractivity contribution in [3.63, 3.8) is 0 Å². The molecule has 0 bridgehead atoms. The minimum absolute atomic E-state index is 0.186. The summed E-state index contributed by atoms with van der Waals surface area (Å²) < 4.78 is 1.89. The van der Waals surface area contributed by atoms with Crippen molar-refractivity contribution < 1.29 is 4.79 Å². The third-order valence-electron chi connectivity index (χ3n) is 4.36. The Hall–Kier alpha value is -3.37. The summed E-state index contributed by atoms with van der Waals surface area (Å²) in [7, 11) is 0. The van der Waals surface area contributed by atoms with E-state index in [2.05, 4.69) is 28.6 Å². The Morgan fingerprint density at radius 1 is 0.929 bits per heavy atom. The number of hydrogen-bond acceptors (Lipinski definition) is 2. The first-order valence-corrected chi connectivity index (χ1v) is 9.27. The Balaban J connectivity index is 1.60. The van der Waals surface area contributed by atoms with Gasteiger partial charge in [-0.2, -0.15) is 5.10 Å². The molecule has 0 aliphatic heterocycles. The smallest absolute Gasteiger partial charge is 0.255 e. The van der Waals surface area contributed by atoms with Crippen molar-refractivity contribution in [2.45, 2.75) is 6.92 Å². The molecular weight excluding hydrogens is 370 g/mol. The number of carbonyl (C=O) groups is 1. The average Bonchev–Trinajstić information content (AvgIpc) is 3.10. The first-order chi connectivity index (χ1) is 13.6. The number of halogens is 1. The van der Waals surface area contributed by atoms with Crippen LogP contribution in [-0.2, 0) is 0 Å². The quantitative estimate of drug-likeness (QED) is 0.484. The van der Waals surface area contributed by atoms with E-state index in [1.807, 2.05) is 41.9 Å². The molecule has 28 heavy (non-hydrogen) atoms. The molecule has 138 valence electrons. The fraction of sp³-hybridized carbons (Fsp3) is 0.0435. The Kier molecular flexibility index (Phi) is 4.96. The molecule has 3 aromatic carbocycles. The summed E-state index contributed by atoms with van der Waals surface area (Å²) in [5.74, 6) is -0.186. The highest BCUT2D eigenvalue weighted by atomic mass is 35.5. The third kappa shape index (κ3) is 3.82. The van der Waals surface area contributed by atoms with Crippen LogP contribution >= 0.6 is 11.6 Å². The number of rotatable bonds is 4. The highest BCUT2D eigenvalue weighted by Gasteiger charge is 2.11. The number of aryl methyl sites for hydroxylation is 1. The van der Waals surface area contributed by atoms with Crippen LogP contribution in [0, 0.1) is 6.92 Å². The van der Waals surface area contributed by atoms with Gasteiger partial charge in [0.05, 0.1) is 17.1 Å². The second-order valence-electron chi connectivity index (χ2n) is 6.46. The van der Waals surface area contributed by atoms with Gasteiger partial charge in [-0.1, -0.05) is 48.0 Å². The molecule has 0 atom stereocenters. The van der Waals surface area contributed by atoms with E-state index in [0.29, 0.717) is 16.3 Å². The largest absolute Gasteiger partial charge is 0.322 e. The van der Waals surface area contributed by atoms with E-state index >= 15 is 0 Å². The van der Waals surface area contributed by atoms with E-state index in [0.717, 1.165) is 22.6 Å². The fourth-order valence-corrected chi connectivity index (χ4v) is 3.22. The molecule has 0 saturated heterocycles. The summed E-state index contributed by atoms with van der Waals surface area (Å²) in [6, 6.07) is 26.6. The van der Waals surface area contributed by atoms with Gasteiger partial charge in [0.2, 0.25) is 0 Å². The lowest BCUT2D eigenvalue weighted by atomic mass is 10.1. The number of anilines is 1. The molecule has 1 aromatic heterocycles. The van der Waals surface area contributed by atoms with Gasteiger partial charge in [0.15, 0.2) is 0 Å². The van der Waals surface area contributed by atoms with Crippen molar-refractivity contribution in [3.8, 4) is 16.9 Å². The van der Waals surface area contributed by atoms with Crippen LogP contribution in [0.2, 0.25) is 5.02 Å². The zero-order valence-electron chi connectivity index (χ0n) is 15.3. The summed E-state index contributed by atoms with van der Waals surface area (Å²) in [5, 5.41) is 8.04. The highest BCUT2D eigenvalue weighted by molar-refractivity contribution is 6.30. The molecule has 0 spiro atoms. The lowest BCUT2D eigenvalue weighted by Crippen LogP contribution is -2.12. The van der Waals surface area contributed by atoms with E-state index in [1.54, 1.807) is 36.4 Å². The maximum Gasteiger partial charge on any atom is 0.255 e. The van der Waals surface area contributed by atoms with Gasteiger partial charge in [0, 0.05) is 21.8 Å². The standard InChI is InChI=1S/C23H18ClN3O/c1-16-14-22(17-6-3-2-4-7-17)27(26-16)21-12-10-18(11-13-21)23(28)25-20-9-5-8-19(24)15-20/h2-15H,1H3,(H,25,28). The fourth-order valence-electron chi connectivity index (χ4n) is 3.03. The van der Waals surface area contributed by atoms with Crippen molar-refractivity contribution in [1.29, 1.82) is 0 Å². The van der Waals surface area contributed by atoms with Crippen LogP contribution in [0.3, 0.4) is 0 Å². The molecule has 4 aromatic rings. The highest BCUT2D eigenvalue weighted by Crippen LogP contribution is 2.24. The van der Waals surface area contributed by atoms with E-state index in [4.69, 9.17) is 11.6 Å². The molecule has 1 N–H and O–H groups in total. The maximum atomic E-state index is 12.5. The number of nitrogens with zero attached hydrogens (tertiary/aromatic N) is 2. The van der Waals surface area contributed by atoms with Crippen LogP contribution in [0.25, 0.3) is 16.9 Å². The Bertz CT molecular complexity index is 1120. The van der Waals surface area contributed by atoms with E-state index < -0.39 is 0 Å². The molecule has 1 heterocycles. The van der Waals surface area contributed by atoms with Gasteiger partial charge >= 0.3 is 0 Å². The van der Waals surface area contributed by atoms with Crippen molar-refractivity contribution in [3.05, 3.63) is 101 Å². The number of nitrogens with one attached hydrogen (secondary N) is 1. The van der Waals surface area contributed by atoms with Crippen molar-refractivity contribution in [1.82, 2.24) is 9.78 Å². The topological polar surface area (TPSA) is 46.9 Å². The van der Waals surface area contributed by atoms with Crippen LogP contribution in [0.5, 0.6) is 0 Å². The Morgan fingerprint density at radius 2 is 1.68 bits per heavy atom. The SMILES string of the molecule is Cc1cc(-c2ccccc2)n(-c2ccc(C(=O)Nc3cccc(Cl)c3)cc2)n1. The molecular formula is C23H18ClN3O. The molecule has 0 aliphatic carbocycles. The molecule has 5 heteroatoms. The van der Waals surface area contributed by atoms with Crippen molar-refractivity contribution >= 4 is 23.2 Å². The van der Waals surface area contributed by atoms with Crippen LogP contribution in [0.4, 0.5) is 5.69 Å². The minimum atomic E-state index is -0.186. The molecule has 0 radical (unpaired) electrons. The third-order valence-corrected chi connectivity index (χ3v) is 4.59. The molecule has 0 aliphatic rings. The zero-order valence-corrected chi connectivity index (χ0v) is 16.0. The van der Waals surface area contributed by atoms with Crippen molar-refractivity contribution in [2.24, 2.45) is 0 Å². The molecule has 4 rings (SSSR count). The Morgan fingerprint density at radius 3 is 2.39 bits per heavy atom.